The zero-order chi connectivity index (χ0) is 25.1. The first-order valence-electron chi connectivity index (χ1n) is 10.5. The highest BCUT2D eigenvalue weighted by atomic mass is 16.5. The fraction of sp³-hybridized carbons (Fsp3) is 0.120. The second kappa shape index (κ2) is 9.56. The molecule has 3 aromatic rings. The van der Waals surface area contributed by atoms with E-state index in [4.69, 9.17) is 13.9 Å². The minimum atomic E-state index is -1.11. The molecule has 1 aromatic heterocycles. The van der Waals surface area contributed by atoms with E-state index in [1.807, 2.05) is 0 Å². The summed E-state index contributed by atoms with van der Waals surface area (Å²) in [6.45, 7) is 1.94. The van der Waals surface area contributed by atoms with E-state index in [1.54, 1.807) is 19.1 Å². The van der Waals surface area contributed by atoms with Crippen molar-refractivity contribution in [3.05, 3.63) is 77.1 Å². The van der Waals surface area contributed by atoms with Gasteiger partial charge in [0, 0.05) is 0 Å². The summed E-state index contributed by atoms with van der Waals surface area (Å²) in [5, 5.41) is 10.3. The number of carboxylic acids is 1. The Labute approximate surface area is 199 Å². The number of aromatic carboxylic acids is 1. The Morgan fingerprint density at radius 1 is 1.06 bits per heavy atom. The number of carbonyl (C=O) groups is 4. The maximum atomic E-state index is 12.9. The number of carboxylic acid groups (broad SMARTS) is 1. The van der Waals surface area contributed by atoms with Gasteiger partial charge in [-0.05, 0) is 67.6 Å². The Morgan fingerprint density at radius 3 is 2.43 bits per heavy atom. The molecule has 0 bridgehead atoms. The van der Waals surface area contributed by atoms with Crippen molar-refractivity contribution in [2.45, 2.75) is 6.92 Å². The minimum Gasteiger partial charge on any atom is -0.496 e. The quantitative estimate of drug-likeness (QED) is 0.301. The van der Waals surface area contributed by atoms with Gasteiger partial charge >= 0.3 is 11.9 Å². The van der Waals surface area contributed by atoms with E-state index in [9.17, 15) is 24.3 Å². The van der Waals surface area contributed by atoms with Crippen molar-refractivity contribution in [2.24, 2.45) is 0 Å². The van der Waals surface area contributed by atoms with Gasteiger partial charge in [0.2, 0.25) is 0 Å². The molecule has 4 rings (SSSR count). The number of nitrogens with one attached hydrogen (secondary N) is 1. The number of amides is 2. The Balaban J connectivity index is 1.58. The van der Waals surface area contributed by atoms with E-state index in [0.29, 0.717) is 28.3 Å². The molecule has 2 N–H and O–H groups in total. The van der Waals surface area contributed by atoms with Crippen molar-refractivity contribution in [3.8, 4) is 17.1 Å². The first-order valence-corrected chi connectivity index (χ1v) is 10.5. The van der Waals surface area contributed by atoms with E-state index in [-0.39, 0.29) is 23.5 Å². The van der Waals surface area contributed by atoms with Crippen molar-refractivity contribution < 1.29 is 38.2 Å². The molecule has 0 spiro atoms. The van der Waals surface area contributed by atoms with Gasteiger partial charge in [0.1, 0.15) is 22.8 Å². The summed E-state index contributed by atoms with van der Waals surface area (Å²) in [5.74, 6) is -1.93. The van der Waals surface area contributed by atoms with Gasteiger partial charge in [0.25, 0.3) is 11.8 Å². The van der Waals surface area contributed by atoms with Crippen molar-refractivity contribution in [1.82, 2.24) is 5.43 Å². The van der Waals surface area contributed by atoms with Crippen LogP contribution in [0.5, 0.6) is 5.75 Å². The number of carbonyl (C=O) groups excluding carboxylic acids is 3. The summed E-state index contributed by atoms with van der Waals surface area (Å²) < 4.78 is 16.0. The number of hydrogen-bond acceptors (Lipinski definition) is 7. The Hall–Kier alpha value is -4.86. The van der Waals surface area contributed by atoms with Crippen LogP contribution < -0.4 is 15.2 Å². The summed E-state index contributed by atoms with van der Waals surface area (Å²) >= 11 is 0. The molecule has 1 aliphatic rings. The third kappa shape index (κ3) is 4.62. The van der Waals surface area contributed by atoms with E-state index >= 15 is 0 Å². The highest BCUT2D eigenvalue weighted by Crippen LogP contribution is 2.33. The third-order valence-corrected chi connectivity index (χ3v) is 5.15. The molecule has 1 aliphatic heterocycles. The number of benzene rings is 2. The lowest BCUT2D eigenvalue weighted by Gasteiger charge is -2.14. The Bertz CT molecular complexity index is 1350. The molecule has 10 nitrogen and oxygen atoms in total. The van der Waals surface area contributed by atoms with Gasteiger partial charge in [-0.1, -0.05) is 0 Å². The van der Waals surface area contributed by atoms with Gasteiger partial charge in [0.05, 0.1) is 36.1 Å². The zero-order valence-corrected chi connectivity index (χ0v) is 18.7. The topological polar surface area (TPSA) is 135 Å². The van der Waals surface area contributed by atoms with Gasteiger partial charge in [-0.2, -0.15) is 0 Å². The number of hydrazine groups is 1. The average molecular weight is 476 g/mol. The minimum absolute atomic E-state index is 0.0482. The number of furan rings is 1. The largest absolute Gasteiger partial charge is 0.496 e. The number of esters is 1. The predicted molar refractivity (Wildman–Crippen MR) is 124 cm³/mol. The van der Waals surface area contributed by atoms with Crippen LogP contribution in [0.3, 0.4) is 0 Å². The van der Waals surface area contributed by atoms with E-state index < -0.39 is 23.8 Å². The Morgan fingerprint density at radius 2 is 1.77 bits per heavy atom. The molecule has 0 unspecified atom stereocenters. The van der Waals surface area contributed by atoms with Crippen LogP contribution in [0.1, 0.15) is 33.4 Å². The maximum Gasteiger partial charge on any atom is 0.338 e. The van der Waals surface area contributed by atoms with Crippen LogP contribution in [-0.4, -0.2) is 42.6 Å². The van der Waals surface area contributed by atoms with E-state index in [0.717, 1.165) is 5.01 Å². The second-order valence-corrected chi connectivity index (χ2v) is 7.33. The first-order chi connectivity index (χ1) is 16.8. The van der Waals surface area contributed by atoms with Gasteiger partial charge in [0.15, 0.2) is 0 Å². The molecule has 2 amide bonds. The molecular formula is C25H20N2O8. The standard InChI is InChI=1S/C25H20N2O8/c1-3-34-25(32)14-4-7-16(8-5-14)27-23(29)19(22(28)26-27)13-17-9-11-21(35-17)18-12-15(24(30)31)6-10-20(18)33-2/h4-13H,3H2,1-2H3,(H,26,28)(H,30,31)/b19-13+. The normalized spacial score (nSPS) is 14.2. The molecule has 0 radical (unpaired) electrons. The van der Waals surface area contributed by atoms with Crippen LogP contribution in [0, 0.1) is 0 Å². The van der Waals surface area contributed by atoms with Crippen molar-refractivity contribution >= 4 is 35.5 Å². The lowest BCUT2D eigenvalue weighted by Crippen LogP contribution is -2.35. The molecule has 178 valence electrons. The fourth-order valence-corrected chi connectivity index (χ4v) is 3.45. The number of nitrogens with zero attached hydrogens (tertiary/aromatic N) is 1. The molecule has 0 atom stereocenters. The number of ether oxygens (including phenoxy) is 2. The lowest BCUT2D eigenvalue weighted by molar-refractivity contribution is -0.117. The zero-order valence-electron chi connectivity index (χ0n) is 18.7. The highest BCUT2D eigenvalue weighted by Gasteiger charge is 2.35. The molecule has 1 fully saturated rings. The van der Waals surface area contributed by atoms with Gasteiger partial charge < -0.3 is 19.0 Å². The highest BCUT2D eigenvalue weighted by molar-refractivity contribution is 6.31. The SMILES string of the molecule is CCOC(=O)c1ccc(N2NC(=O)/C(=C\c3ccc(-c4cc(C(=O)O)ccc4OC)o3)C2=O)cc1. The van der Waals surface area contributed by atoms with Crippen LogP contribution in [0.25, 0.3) is 17.4 Å². The molecule has 1 saturated heterocycles. The first kappa shape index (κ1) is 23.3. The smallest absolute Gasteiger partial charge is 0.338 e. The van der Waals surface area contributed by atoms with Crippen LogP contribution in [0.15, 0.2) is 64.6 Å². The second-order valence-electron chi connectivity index (χ2n) is 7.33. The van der Waals surface area contributed by atoms with Crippen molar-refractivity contribution in [2.75, 3.05) is 18.7 Å². The lowest BCUT2D eigenvalue weighted by atomic mass is 10.1. The van der Waals surface area contributed by atoms with Crippen molar-refractivity contribution in [1.29, 1.82) is 0 Å². The summed E-state index contributed by atoms with van der Waals surface area (Å²) in [7, 11) is 1.44. The number of anilines is 1. The number of hydrogen-bond donors (Lipinski definition) is 2. The average Bonchev–Trinajstić information content (AvgIpc) is 3.44. The van der Waals surface area contributed by atoms with Crippen LogP contribution >= 0.6 is 0 Å². The van der Waals surface area contributed by atoms with Crippen LogP contribution in [0.2, 0.25) is 0 Å². The summed E-state index contributed by atoms with van der Waals surface area (Å²) in [5.41, 5.74) is 3.44. The maximum absolute atomic E-state index is 12.9. The molecule has 2 heterocycles. The van der Waals surface area contributed by atoms with Gasteiger partial charge in [-0.15, -0.1) is 0 Å². The van der Waals surface area contributed by atoms with Crippen LogP contribution in [-0.2, 0) is 14.3 Å². The van der Waals surface area contributed by atoms with Crippen LogP contribution in [0.4, 0.5) is 5.69 Å². The summed E-state index contributed by atoms with van der Waals surface area (Å²) in [6.07, 6.45) is 1.29. The molecule has 10 heteroatoms. The summed E-state index contributed by atoms with van der Waals surface area (Å²) in [4.78, 5) is 48.5. The molecular weight excluding hydrogens is 456 g/mol. The van der Waals surface area contributed by atoms with E-state index in [1.165, 1.54) is 55.7 Å². The van der Waals surface area contributed by atoms with E-state index in [2.05, 4.69) is 5.43 Å². The molecule has 0 aliphatic carbocycles. The predicted octanol–water partition coefficient (Wildman–Crippen LogP) is 3.29. The summed E-state index contributed by atoms with van der Waals surface area (Å²) in [6, 6.07) is 13.5. The van der Waals surface area contributed by atoms with Crippen molar-refractivity contribution in [3.63, 3.8) is 0 Å². The molecule has 0 saturated carbocycles. The monoisotopic (exact) mass is 476 g/mol. The number of rotatable bonds is 7. The van der Waals surface area contributed by atoms with Gasteiger partial charge in [-0.25, -0.2) is 14.6 Å². The Kier molecular flexibility index (Phi) is 6.36. The third-order valence-electron chi connectivity index (χ3n) is 5.15. The fourth-order valence-electron chi connectivity index (χ4n) is 3.45. The number of methoxy groups -OCH3 is 1. The molecule has 35 heavy (non-hydrogen) atoms. The molecule has 2 aromatic carbocycles. The van der Waals surface area contributed by atoms with Gasteiger partial charge in [-0.3, -0.25) is 15.0 Å².